The van der Waals surface area contributed by atoms with Crippen LogP contribution in [0.4, 0.5) is 10.1 Å². The molecular weight excluding hydrogens is 549 g/mol. The number of nitrogens with zero attached hydrogens (tertiary/aromatic N) is 2. The molecule has 4 rings (SSSR count). The predicted octanol–water partition coefficient (Wildman–Crippen LogP) is 3.88. The average molecular weight is 584 g/mol. The largest absolute Gasteiger partial charge is 0.454 e. The minimum Gasteiger partial charge on any atom is -0.454 e. The number of benzene rings is 3. The Morgan fingerprint density at radius 1 is 0.951 bits per heavy atom. The summed E-state index contributed by atoms with van der Waals surface area (Å²) in [6, 6.07) is 18.4. The van der Waals surface area contributed by atoms with E-state index in [9.17, 15) is 22.4 Å². The molecule has 1 aliphatic rings. The molecule has 0 radical (unpaired) electrons. The van der Waals surface area contributed by atoms with Crippen molar-refractivity contribution in [2.24, 2.45) is 0 Å². The quantitative estimate of drug-likeness (QED) is 0.347. The molecule has 41 heavy (non-hydrogen) atoms. The van der Waals surface area contributed by atoms with Crippen LogP contribution >= 0.6 is 0 Å². The van der Waals surface area contributed by atoms with Gasteiger partial charge < -0.3 is 19.7 Å². The van der Waals surface area contributed by atoms with E-state index >= 15 is 0 Å². The Bertz CT molecular complexity index is 1470. The lowest BCUT2D eigenvalue weighted by Crippen LogP contribution is -2.54. The van der Waals surface area contributed by atoms with Crippen LogP contribution in [0.2, 0.25) is 0 Å². The van der Waals surface area contributed by atoms with Crippen LogP contribution in [0.15, 0.2) is 72.8 Å². The highest BCUT2D eigenvalue weighted by atomic mass is 32.2. The van der Waals surface area contributed by atoms with Crippen molar-refractivity contribution in [1.82, 2.24) is 10.2 Å². The van der Waals surface area contributed by atoms with Gasteiger partial charge in [-0.3, -0.25) is 13.9 Å². The molecule has 3 aromatic rings. The molecule has 0 aromatic heterocycles. The zero-order chi connectivity index (χ0) is 29.6. The van der Waals surface area contributed by atoms with Crippen LogP contribution in [-0.2, 0) is 32.6 Å². The first-order chi connectivity index (χ1) is 19.6. The smallest absolute Gasteiger partial charge is 0.244 e. The van der Waals surface area contributed by atoms with Crippen molar-refractivity contribution in [3.05, 3.63) is 89.7 Å². The maximum Gasteiger partial charge on any atom is 0.244 e. The number of carbonyl (C=O) groups excluding carboxylic acids is 2. The summed E-state index contributed by atoms with van der Waals surface area (Å²) in [5.41, 5.74) is 1.64. The van der Waals surface area contributed by atoms with Crippen molar-refractivity contribution in [2.75, 3.05) is 23.4 Å². The zero-order valence-corrected chi connectivity index (χ0v) is 24.1. The highest BCUT2D eigenvalue weighted by Crippen LogP contribution is 2.36. The van der Waals surface area contributed by atoms with Crippen LogP contribution in [0.3, 0.4) is 0 Å². The van der Waals surface area contributed by atoms with Gasteiger partial charge in [-0.1, -0.05) is 42.5 Å². The molecule has 0 bridgehead atoms. The molecule has 11 heteroatoms. The Morgan fingerprint density at radius 2 is 1.63 bits per heavy atom. The lowest BCUT2D eigenvalue weighted by atomic mass is 10.0. The summed E-state index contributed by atoms with van der Waals surface area (Å²) < 4.78 is 52.0. The van der Waals surface area contributed by atoms with Gasteiger partial charge in [-0.25, -0.2) is 12.8 Å². The van der Waals surface area contributed by atoms with E-state index in [1.54, 1.807) is 12.1 Å². The summed E-state index contributed by atoms with van der Waals surface area (Å²) >= 11 is 0. The van der Waals surface area contributed by atoms with E-state index in [1.165, 1.54) is 42.2 Å². The number of carbonyl (C=O) groups is 2. The minimum absolute atomic E-state index is 0.00974. The Kier molecular flexibility index (Phi) is 9.49. The third-order valence-electron chi connectivity index (χ3n) is 6.59. The maximum atomic E-state index is 14.1. The average Bonchev–Trinajstić information content (AvgIpc) is 3.42. The van der Waals surface area contributed by atoms with E-state index < -0.39 is 34.3 Å². The first kappa shape index (κ1) is 29.9. The lowest BCUT2D eigenvalue weighted by Gasteiger charge is -2.34. The molecule has 218 valence electrons. The van der Waals surface area contributed by atoms with E-state index in [-0.39, 0.29) is 43.1 Å². The molecule has 0 spiro atoms. The molecule has 1 aliphatic heterocycles. The molecule has 0 unspecified atom stereocenters. The molecule has 1 atom stereocenters. The van der Waals surface area contributed by atoms with Crippen molar-refractivity contribution in [1.29, 1.82) is 0 Å². The Balaban J connectivity index is 1.74. The third-order valence-corrected chi connectivity index (χ3v) is 8.33. The van der Waals surface area contributed by atoms with Gasteiger partial charge in [0.1, 0.15) is 18.4 Å². The van der Waals surface area contributed by atoms with Crippen LogP contribution in [0.1, 0.15) is 31.9 Å². The fraction of sp³-hybridized carbons (Fsp3) is 0.333. The molecule has 1 N–H and O–H groups in total. The second-order valence-corrected chi connectivity index (χ2v) is 12.1. The summed E-state index contributed by atoms with van der Waals surface area (Å²) in [5, 5.41) is 2.89. The van der Waals surface area contributed by atoms with Gasteiger partial charge >= 0.3 is 0 Å². The topological polar surface area (TPSA) is 105 Å². The number of nitrogens with one attached hydrogen (secondary N) is 1. The van der Waals surface area contributed by atoms with E-state index in [0.717, 1.165) is 9.87 Å². The van der Waals surface area contributed by atoms with Crippen LogP contribution in [0.25, 0.3) is 0 Å². The highest BCUT2D eigenvalue weighted by molar-refractivity contribution is 7.92. The molecule has 0 fully saturated rings. The Morgan fingerprint density at radius 3 is 2.29 bits per heavy atom. The Labute approximate surface area is 239 Å². The van der Waals surface area contributed by atoms with Crippen molar-refractivity contribution in [2.45, 2.75) is 45.8 Å². The molecule has 3 aromatic carbocycles. The first-order valence-corrected chi connectivity index (χ1v) is 15.0. The highest BCUT2D eigenvalue weighted by Gasteiger charge is 2.34. The third kappa shape index (κ3) is 7.55. The van der Waals surface area contributed by atoms with Gasteiger partial charge in [0.05, 0.1) is 11.4 Å². The van der Waals surface area contributed by atoms with Gasteiger partial charge in [0.15, 0.2) is 11.5 Å². The number of halogens is 1. The van der Waals surface area contributed by atoms with Gasteiger partial charge in [-0.05, 0) is 56.2 Å². The van der Waals surface area contributed by atoms with Crippen molar-refractivity contribution in [3.63, 3.8) is 0 Å². The van der Waals surface area contributed by atoms with Crippen molar-refractivity contribution in [3.8, 4) is 11.5 Å². The lowest BCUT2D eigenvalue weighted by molar-refractivity contribution is -0.140. The summed E-state index contributed by atoms with van der Waals surface area (Å²) in [6.07, 6.45) is 0.191. The number of rotatable bonds is 12. The van der Waals surface area contributed by atoms with E-state index in [4.69, 9.17) is 9.47 Å². The number of amides is 2. The summed E-state index contributed by atoms with van der Waals surface area (Å²) in [5.74, 6) is -0.828. The molecule has 0 saturated carbocycles. The van der Waals surface area contributed by atoms with Crippen LogP contribution in [0.5, 0.6) is 11.5 Å². The standard InChI is InChI=1S/C30H34FN3O6S/c1-4-41(37,38)34(25-14-15-27-28(17-25)40-20-39-27)19-29(35)33(18-23-10-12-24(31)13-11-23)26(30(36)32-21(2)3)16-22-8-6-5-7-9-22/h5-15,17,21,26H,4,16,18-20H2,1-3H3,(H,32,36)/t26-/m1/s1. The van der Waals surface area contributed by atoms with Gasteiger partial charge in [0, 0.05) is 25.1 Å². The monoisotopic (exact) mass is 583 g/mol. The fourth-order valence-corrected chi connectivity index (χ4v) is 5.53. The minimum atomic E-state index is -3.92. The van der Waals surface area contributed by atoms with Crippen LogP contribution < -0.4 is 19.1 Å². The molecule has 2 amide bonds. The fourth-order valence-electron chi connectivity index (χ4n) is 4.48. The van der Waals surface area contributed by atoms with Gasteiger partial charge in [-0.2, -0.15) is 0 Å². The molecule has 0 aliphatic carbocycles. The van der Waals surface area contributed by atoms with E-state index in [1.807, 2.05) is 44.2 Å². The summed E-state index contributed by atoms with van der Waals surface area (Å²) in [6.45, 7) is 4.54. The van der Waals surface area contributed by atoms with Crippen LogP contribution in [-0.4, -0.2) is 56.3 Å². The van der Waals surface area contributed by atoms with Gasteiger partial charge in [-0.15, -0.1) is 0 Å². The summed E-state index contributed by atoms with van der Waals surface area (Å²) in [4.78, 5) is 29.0. The van der Waals surface area contributed by atoms with Gasteiger partial charge in [0.2, 0.25) is 28.6 Å². The number of hydrogen-bond acceptors (Lipinski definition) is 6. The SMILES string of the molecule is CCS(=O)(=O)N(CC(=O)N(Cc1ccc(F)cc1)[C@H](Cc1ccccc1)C(=O)NC(C)C)c1ccc2c(c1)OCO2. The molecule has 1 heterocycles. The van der Waals surface area contributed by atoms with Crippen molar-refractivity contribution < 1.29 is 31.9 Å². The number of ether oxygens (including phenoxy) is 2. The second kappa shape index (κ2) is 13.0. The van der Waals surface area contributed by atoms with E-state index in [0.29, 0.717) is 17.1 Å². The number of hydrogen-bond donors (Lipinski definition) is 1. The number of anilines is 1. The molecular formula is C30H34FN3O6S. The van der Waals surface area contributed by atoms with Crippen LogP contribution in [0, 0.1) is 5.82 Å². The normalized spacial score (nSPS) is 13.1. The first-order valence-electron chi connectivity index (χ1n) is 13.4. The van der Waals surface area contributed by atoms with Crippen molar-refractivity contribution >= 4 is 27.5 Å². The predicted molar refractivity (Wildman–Crippen MR) is 154 cm³/mol. The second-order valence-electron chi connectivity index (χ2n) is 9.96. The number of fused-ring (bicyclic) bond motifs is 1. The zero-order valence-electron chi connectivity index (χ0n) is 23.2. The molecule has 0 saturated heterocycles. The Hall–Kier alpha value is -4.12. The number of sulfonamides is 1. The maximum absolute atomic E-state index is 14.1. The van der Waals surface area contributed by atoms with E-state index in [2.05, 4.69) is 5.32 Å². The molecule has 9 nitrogen and oxygen atoms in total. The van der Waals surface area contributed by atoms with Gasteiger partial charge in [0.25, 0.3) is 0 Å². The summed E-state index contributed by atoms with van der Waals surface area (Å²) in [7, 11) is -3.92.